The molecule has 0 fully saturated rings. The minimum atomic E-state index is -0.843. The van der Waals surface area contributed by atoms with Gasteiger partial charge in [0.15, 0.2) is 11.5 Å². The van der Waals surface area contributed by atoms with Crippen molar-refractivity contribution in [3.63, 3.8) is 0 Å². The second-order valence-electron chi connectivity index (χ2n) is 13.0. The molecule has 0 aliphatic carbocycles. The third-order valence-electron chi connectivity index (χ3n) is 8.58. The van der Waals surface area contributed by atoms with E-state index in [4.69, 9.17) is 11.1 Å². The summed E-state index contributed by atoms with van der Waals surface area (Å²) >= 11 is 0. The number of nitrogens with one attached hydrogen (secondary N) is 3. The monoisotopic (exact) mass is 644 g/mol. The molecule has 5 rings (SSSR count). The molecular weight excluding hydrogens is 599 g/mol. The fourth-order valence-corrected chi connectivity index (χ4v) is 5.53. The first-order chi connectivity index (χ1) is 23.0. The predicted octanol–water partition coefficient (Wildman–Crippen LogP) is 7.28. The molecule has 2 aromatic carbocycles. The quantitative estimate of drug-likeness (QED) is 0.0745. The number of rotatable bonds is 14. The Morgan fingerprint density at radius 1 is 1.00 bits per heavy atom. The van der Waals surface area contributed by atoms with Crippen LogP contribution in [-0.4, -0.2) is 51.2 Å². The van der Waals surface area contributed by atoms with Crippen LogP contribution < -0.4 is 11.1 Å². The zero-order valence-corrected chi connectivity index (χ0v) is 28.4. The van der Waals surface area contributed by atoms with E-state index in [2.05, 4.69) is 48.4 Å². The van der Waals surface area contributed by atoms with Gasteiger partial charge in [-0.1, -0.05) is 42.5 Å². The van der Waals surface area contributed by atoms with Crippen molar-refractivity contribution in [1.29, 1.82) is 5.41 Å². The lowest BCUT2D eigenvalue weighted by Crippen LogP contribution is -2.31. The summed E-state index contributed by atoms with van der Waals surface area (Å²) in [6.45, 7) is 8.24. The fraction of sp³-hybridized carbons (Fsp3) is 0.282. The molecule has 0 aliphatic heterocycles. The molecule has 8 nitrogen and oxygen atoms in total. The Morgan fingerprint density at radius 3 is 2.54 bits per heavy atom. The van der Waals surface area contributed by atoms with Crippen molar-refractivity contribution in [1.82, 2.24) is 30.2 Å². The Labute approximate surface area is 282 Å². The van der Waals surface area contributed by atoms with Crippen molar-refractivity contribution < 1.29 is 4.39 Å². The average molecular weight is 645 g/mol. The highest BCUT2D eigenvalue weighted by molar-refractivity contribution is 6.04. The van der Waals surface area contributed by atoms with Gasteiger partial charge >= 0.3 is 0 Å². The number of aromatic amines is 1. The van der Waals surface area contributed by atoms with Gasteiger partial charge < -0.3 is 26.3 Å². The van der Waals surface area contributed by atoms with Crippen LogP contribution in [0.4, 0.5) is 4.39 Å². The summed E-state index contributed by atoms with van der Waals surface area (Å²) in [7, 11) is 4.07. The van der Waals surface area contributed by atoms with Crippen LogP contribution in [0, 0.1) is 16.6 Å². The first-order valence-electron chi connectivity index (χ1n) is 16.2. The fourth-order valence-electron chi connectivity index (χ4n) is 5.53. The molecule has 0 unspecified atom stereocenters. The van der Waals surface area contributed by atoms with E-state index in [0.29, 0.717) is 29.2 Å². The number of halogens is 1. The van der Waals surface area contributed by atoms with Crippen molar-refractivity contribution in [2.45, 2.75) is 46.7 Å². The number of allylic oxidation sites excluding steroid dienone is 4. The first kappa shape index (κ1) is 34.3. The summed E-state index contributed by atoms with van der Waals surface area (Å²) < 4.78 is 14.7. The van der Waals surface area contributed by atoms with Gasteiger partial charge in [-0.25, -0.2) is 14.4 Å². The number of imidazole rings is 1. The van der Waals surface area contributed by atoms with E-state index in [1.807, 2.05) is 89.7 Å². The molecule has 3 heterocycles. The van der Waals surface area contributed by atoms with E-state index in [1.54, 1.807) is 12.3 Å². The summed E-state index contributed by atoms with van der Waals surface area (Å²) in [6.07, 6.45) is 10.9. The third-order valence-corrected chi connectivity index (χ3v) is 8.58. The van der Waals surface area contributed by atoms with Crippen molar-refractivity contribution in [3.05, 3.63) is 131 Å². The molecule has 48 heavy (non-hydrogen) atoms. The van der Waals surface area contributed by atoms with Gasteiger partial charge in [0.25, 0.3) is 0 Å². The lowest BCUT2D eigenvalue weighted by molar-refractivity contribution is 0.400. The molecule has 5 N–H and O–H groups in total. The molecular formula is C39H45FN8. The van der Waals surface area contributed by atoms with Crippen molar-refractivity contribution >= 4 is 22.4 Å². The topological polar surface area (TPSA) is 120 Å². The Morgan fingerprint density at radius 2 is 1.77 bits per heavy atom. The maximum absolute atomic E-state index is 14.7. The largest absolute Gasteiger partial charge is 0.401 e. The number of hydrogen-bond acceptors (Lipinski definition) is 7. The number of hydrogen-bond donors (Lipinski definition) is 4. The Hall–Kier alpha value is -4.99. The lowest BCUT2D eigenvalue weighted by atomic mass is 9.83. The van der Waals surface area contributed by atoms with Crippen LogP contribution >= 0.6 is 0 Å². The van der Waals surface area contributed by atoms with Gasteiger partial charge in [0.1, 0.15) is 5.82 Å². The second-order valence-corrected chi connectivity index (χ2v) is 13.0. The highest BCUT2D eigenvalue weighted by atomic mass is 19.1. The van der Waals surface area contributed by atoms with Crippen LogP contribution in [0.3, 0.4) is 0 Å². The van der Waals surface area contributed by atoms with E-state index in [9.17, 15) is 4.39 Å². The van der Waals surface area contributed by atoms with Gasteiger partial charge in [-0.15, -0.1) is 0 Å². The second kappa shape index (κ2) is 15.3. The highest BCUT2D eigenvalue weighted by Crippen LogP contribution is 2.31. The van der Waals surface area contributed by atoms with Gasteiger partial charge in [0.2, 0.25) is 0 Å². The standard InChI is InChI=1S/C39H45FN8/c1-26(31-19-29(24-44-25-31)23-43-22-27-10-7-6-8-11-27)13-14-34(41)39(2,3)36(42)38-46-35-33(15-16-45-37(35)47-38)30-18-28(20-32(40)21-30)12-9-17-48(4)5/h6-8,10-11,13-16,18-21,24-25,42-43H,9,12,17,22-23,41H2,1-5H3,(H,45,46,47)/b26-13+,34-14+,42-36?. The predicted molar refractivity (Wildman–Crippen MR) is 194 cm³/mol. The molecule has 248 valence electrons. The molecule has 0 saturated heterocycles. The lowest BCUT2D eigenvalue weighted by Gasteiger charge is -2.25. The van der Waals surface area contributed by atoms with Crippen LogP contribution in [-0.2, 0) is 19.5 Å². The molecule has 9 heteroatoms. The number of aryl methyl sites for hydroxylation is 1. The number of fused-ring (bicyclic) bond motifs is 1. The molecule has 0 bridgehead atoms. The summed E-state index contributed by atoms with van der Waals surface area (Å²) in [4.78, 5) is 19.0. The van der Waals surface area contributed by atoms with E-state index < -0.39 is 5.41 Å². The van der Waals surface area contributed by atoms with Crippen LogP contribution in [0.15, 0.2) is 97.1 Å². The summed E-state index contributed by atoms with van der Waals surface area (Å²) in [6, 6.07) is 19.4. The maximum Gasteiger partial charge on any atom is 0.178 e. The number of nitrogens with zero attached hydrogens (tertiary/aromatic N) is 4. The zero-order valence-electron chi connectivity index (χ0n) is 28.4. The minimum Gasteiger partial charge on any atom is -0.401 e. The van der Waals surface area contributed by atoms with Gasteiger partial charge in [-0.2, -0.15) is 0 Å². The summed E-state index contributed by atoms with van der Waals surface area (Å²) in [5.74, 6) is 0.0870. The Kier molecular flexibility index (Phi) is 10.9. The molecule has 0 saturated carbocycles. The van der Waals surface area contributed by atoms with Crippen LogP contribution in [0.2, 0.25) is 0 Å². The molecule has 0 radical (unpaired) electrons. The highest BCUT2D eigenvalue weighted by Gasteiger charge is 2.30. The van der Waals surface area contributed by atoms with E-state index in [-0.39, 0.29) is 11.5 Å². The van der Waals surface area contributed by atoms with Gasteiger partial charge in [-0.3, -0.25) is 4.98 Å². The Bertz CT molecular complexity index is 1940. The van der Waals surface area contributed by atoms with Gasteiger partial charge in [0.05, 0.1) is 11.2 Å². The number of aromatic nitrogens is 4. The zero-order chi connectivity index (χ0) is 34.3. The number of benzene rings is 2. The van der Waals surface area contributed by atoms with Gasteiger partial charge in [0, 0.05) is 48.4 Å². The van der Waals surface area contributed by atoms with Crippen LogP contribution in [0.5, 0.6) is 0 Å². The van der Waals surface area contributed by atoms with Crippen molar-refractivity contribution in [2.24, 2.45) is 11.1 Å². The first-order valence-corrected chi connectivity index (χ1v) is 16.2. The molecule has 5 aromatic rings. The normalized spacial score (nSPS) is 12.6. The molecule has 3 aromatic heterocycles. The Balaban J connectivity index is 1.31. The van der Waals surface area contributed by atoms with E-state index in [0.717, 1.165) is 59.3 Å². The van der Waals surface area contributed by atoms with E-state index >= 15 is 0 Å². The van der Waals surface area contributed by atoms with Crippen molar-refractivity contribution in [2.75, 3.05) is 20.6 Å². The van der Waals surface area contributed by atoms with Crippen LogP contribution in [0.1, 0.15) is 55.3 Å². The number of nitrogens with two attached hydrogens (primary N) is 1. The minimum absolute atomic E-state index is 0.225. The number of pyridine rings is 2. The average Bonchev–Trinajstić information content (AvgIpc) is 3.51. The summed E-state index contributed by atoms with van der Waals surface area (Å²) in [5, 5.41) is 12.6. The third kappa shape index (κ3) is 8.48. The van der Waals surface area contributed by atoms with Gasteiger partial charge in [-0.05, 0) is 118 Å². The van der Waals surface area contributed by atoms with E-state index in [1.165, 1.54) is 11.6 Å². The SMILES string of the molecule is C/C(=C\C=C(\N)C(C)(C)C(=N)c1nc2nccc(-c3cc(F)cc(CCCN(C)C)c3)c2[nH]1)c1cncc(CNCc2ccccc2)c1. The maximum atomic E-state index is 14.7. The molecule has 0 amide bonds. The number of H-pyrrole nitrogens is 1. The van der Waals surface area contributed by atoms with Crippen molar-refractivity contribution in [3.8, 4) is 11.1 Å². The molecule has 0 spiro atoms. The molecule has 0 atom stereocenters. The molecule has 0 aliphatic rings. The summed E-state index contributed by atoms with van der Waals surface area (Å²) in [5.41, 5.74) is 14.4. The smallest absolute Gasteiger partial charge is 0.178 e. The van der Waals surface area contributed by atoms with Crippen LogP contribution in [0.25, 0.3) is 27.9 Å².